The van der Waals surface area contributed by atoms with Gasteiger partial charge in [0.25, 0.3) is 0 Å². The van der Waals surface area contributed by atoms with E-state index in [4.69, 9.17) is 4.98 Å². The van der Waals surface area contributed by atoms with E-state index in [0.29, 0.717) is 12.0 Å². The van der Waals surface area contributed by atoms with Gasteiger partial charge in [-0.15, -0.1) is 0 Å². The predicted molar refractivity (Wildman–Crippen MR) is 112 cm³/mol. The van der Waals surface area contributed by atoms with Gasteiger partial charge in [0.2, 0.25) is 0 Å². The van der Waals surface area contributed by atoms with Crippen molar-refractivity contribution < 1.29 is 5.11 Å². The molecule has 0 unspecified atom stereocenters. The van der Waals surface area contributed by atoms with Crippen LogP contribution in [0.5, 0.6) is 0 Å². The van der Waals surface area contributed by atoms with Gasteiger partial charge in [-0.3, -0.25) is 9.58 Å². The summed E-state index contributed by atoms with van der Waals surface area (Å²) in [5.41, 5.74) is 4.58. The van der Waals surface area contributed by atoms with Crippen molar-refractivity contribution in [3.05, 3.63) is 36.4 Å². The molecule has 0 atom stereocenters. The number of fused-ring (bicyclic) bond motifs is 1. The molecule has 0 radical (unpaired) electrons. The van der Waals surface area contributed by atoms with Crippen LogP contribution < -0.4 is 0 Å². The summed E-state index contributed by atoms with van der Waals surface area (Å²) < 4.78 is 1.83. The number of pyridine rings is 1. The highest BCUT2D eigenvalue weighted by molar-refractivity contribution is 5.93. The second-order valence-electron chi connectivity index (χ2n) is 8.03. The van der Waals surface area contributed by atoms with Gasteiger partial charge in [0.15, 0.2) is 0 Å². The van der Waals surface area contributed by atoms with Crippen molar-refractivity contribution in [2.75, 3.05) is 19.7 Å². The van der Waals surface area contributed by atoms with Crippen LogP contribution in [0.2, 0.25) is 0 Å². The van der Waals surface area contributed by atoms with E-state index in [9.17, 15) is 5.11 Å². The number of aromatic amines is 1. The fraction of sp³-hybridized carbons (Fsp3) is 0.545. The number of nitrogens with zero attached hydrogens (tertiary/aromatic N) is 4. The zero-order valence-corrected chi connectivity index (χ0v) is 16.9. The smallest absolute Gasteiger partial charge is 0.137 e. The monoisotopic (exact) mass is 381 g/mol. The molecule has 2 N–H and O–H groups in total. The van der Waals surface area contributed by atoms with Crippen LogP contribution >= 0.6 is 0 Å². The van der Waals surface area contributed by atoms with E-state index in [1.54, 1.807) is 0 Å². The lowest BCUT2D eigenvalue weighted by atomic mass is 9.81. The maximum absolute atomic E-state index is 9.37. The fourth-order valence-electron chi connectivity index (χ4n) is 4.71. The summed E-state index contributed by atoms with van der Waals surface area (Å²) >= 11 is 0. The largest absolute Gasteiger partial charge is 0.395 e. The average Bonchev–Trinajstić information content (AvgIpc) is 3.33. The highest BCUT2D eigenvalue weighted by Gasteiger charge is 2.26. The molecule has 3 aromatic rings. The van der Waals surface area contributed by atoms with Crippen molar-refractivity contribution in [2.24, 2.45) is 7.05 Å². The zero-order valence-electron chi connectivity index (χ0n) is 16.9. The van der Waals surface area contributed by atoms with Gasteiger partial charge in [-0.2, -0.15) is 5.10 Å². The second-order valence-corrected chi connectivity index (χ2v) is 8.03. The first-order valence-electron chi connectivity index (χ1n) is 10.5. The van der Waals surface area contributed by atoms with Gasteiger partial charge in [-0.05, 0) is 56.2 Å². The summed E-state index contributed by atoms with van der Waals surface area (Å²) in [6.45, 7) is 4.36. The third-order valence-electron chi connectivity index (χ3n) is 6.15. The molecule has 3 aromatic heterocycles. The Bertz CT molecular complexity index is 901. The molecule has 0 amide bonds. The van der Waals surface area contributed by atoms with Gasteiger partial charge in [-0.25, -0.2) is 4.98 Å². The molecular formula is C22H31N5O. The Labute approximate surface area is 166 Å². The van der Waals surface area contributed by atoms with Gasteiger partial charge in [0, 0.05) is 54.7 Å². The van der Waals surface area contributed by atoms with Crippen LogP contribution in [0.25, 0.3) is 22.2 Å². The van der Waals surface area contributed by atoms with Crippen molar-refractivity contribution in [3.8, 4) is 11.1 Å². The van der Waals surface area contributed by atoms with E-state index in [0.717, 1.165) is 30.7 Å². The van der Waals surface area contributed by atoms with Crippen LogP contribution in [-0.4, -0.2) is 55.5 Å². The molecule has 0 aromatic carbocycles. The van der Waals surface area contributed by atoms with Crippen molar-refractivity contribution >= 4 is 11.0 Å². The Morgan fingerprint density at radius 1 is 1.21 bits per heavy atom. The van der Waals surface area contributed by atoms with E-state index in [2.05, 4.69) is 28.0 Å². The van der Waals surface area contributed by atoms with Crippen LogP contribution in [0.15, 0.2) is 30.9 Å². The molecule has 0 saturated heterocycles. The molecule has 6 heteroatoms. The summed E-state index contributed by atoms with van der Waals surface area (Å²) in [6.07, 6.45) is 14.0. The van der Waals surface area contributed by atoms with Gasteiger partial charge in [0.1, 0.15) is 5.65 Å². The summed E-state index contributed by atoms with van der Waals surface area (Å²) in [4.78, 5) is 10.5. The molecule has 0 spiro atoms. The summed E-state index contributed by atoms with van der Waals surface area (Å²) in [5, 5.41) is 14.9. The molecule has 0 bridgehead atoms. The quantitative estimate of drug-likeness (QED) is 0.655. The van der Waals surface area contributed by atoms with Crippen LogP contribution in [0.3, 0.4) is 0 Å². The standard InChI is InChI=1S/C22H31N5O/c1-3-8-27(9-10-28)19-6-4-16(5-7-19)17-11-20-21(14-24-22(20)23-12-17)18-13-25-26(2)15-18/h11-16,19,28H,3-10H2,1-2H3,(H,23,24)/t16-,19+. The normalized spacial score (nSPS) is 20.3. The van der Waals surface area contributed by atoms with Crippen molar-refractivity contribution in [1.29, 1.82) is 0 Å². The number of rotatable bonds is 7. The minimum absolute atomic E-state index is 0.255. The van der Waals surface area contributed by atoms with E-state index in [-0.39, 0.29) is 6.61 Å². The molecule has 6 nitrogen and oxygen atoms in total. The fourth-order valence-corrected chi connectivity index (χ4v) is 4.71. The van der Waals surface area contributed by atoms with Crippen molar-refractivity contribution in [2.45, 2.75) is 51.0 Å². The first-order valence-corrected chi connectivity index (χ1v) is 10.5. The number of nitrogens with one attached hydrogen (secondary N) is 1. The number of hydrogen-bond donors (Lipinski definition) is 2. The first kappa shape index (κ1) is 19.2. The van der Waals surface area contributed by atoms with Crippen LogP contribution in [-0.2, 0) is 7.05 Å². The molecular weight excluding hydrogens is 350 g/mol. The van der Waals surface area contributed by atoms with Crippen molar-refractivity contribution in [1.82, 2.24) is 24.6 Å². The van der Waals surface area contributed by atoms with Gasteiger partial charge in [0.05, 0.1) is 12.8 Å². The number of aliphatic hydroxyl groups is 1. The van der Waals surface area contributed by atoms with Crippen LogP contribution in [0.4, 0.5) is 0 Å². The lowest BCUT2D eigenvalue weighted by Gasteiger charge is -2.36. The number of H-pyrrole nitrogens is 1. The molecule has 4 rings (SSSR count). The maximum Gasteiger partial charge on any atom is 0.137 e. The Morgan fingerprint density at radius 2 is 2.04 bits per heavy atom. The van der Waals surface area contributed by atoms with Crippen molar-refractivity contribution in [3.63, 3.8) is 0 Å². The summed E-state index contributed by atoms with van der Waals surface area (Å²) in [7, 11) is 1.94. The topological polar surface area (TPSA) is 70.0 Å². The highest BCUT2D eigenvalue weighted by atomic mass is 16.3. The van der Waals surface area contributed by atoms with E-state index in [1.165, 1.54) is 42.2 Å². The Hall–Kier alpha value is -2.18. The van der Waals surface area contributed by atoms with Gasteiger partial charge < -0.3 is 10.1 Å². The molecule has 150 valence electrons. The van der Waals surface area contributed by atoms with Gasteiger partial charge >= 0.3 is 0 Å². The lowest BCUT2D eigenvalue weighted by molar-refractivity contribution is 0.119. The summed E-state index contributed by atoms with van der Waals surface area (Å²) in [5.74, 6) is 0.572. The molecule has 28 heavy (non-hydrogen) atoms. The lowest BCUT2D eigenvalue weighted by Crippen LogP contribution is -2.40. The first-order chi connectivity index (χ1) is 13.7. The Morgan fingerprint density at radius 3 is 2.71 bits per heavy atom. The zero-order chi connectivity index (χ0) is 19.5. The molecule has 1 aliphatic carbocycles. The second kappa shape index (κ2) is 8.45. The summed E-state index contributed by atoms with van der Waals surface area (Å²) in [6, 6.07) is 2.93. The van der Waals surface area contributed by atoms with E-state index >= 15 is 0 Å². The third-order valence-corrected chi connectivity index (χ3v) is 6.15. The number of aryl methyl sites for hydroxylation is 1. The van der Waals surface area contributed by atoms with E-state index in [1.807, 2.05) is 36.5 Å². The SMILES string of the molecule is CCCN(CCO)[C@H]1CC[C@@H](c2cnc3[nH]cc(-c4cnn(C)c4)c3c2)CC1. The average molecular weight is 382 g/mol. The molecule has 1 fully saturated rings. The predicted octanol–water partition coefficient (Wildman–Crippen LogP) is 3.69. The minimum Gasteiger partial charge on any atom is -0.395 e. The highest BCUT2D eigenvalue weighted by Crippen LogP contribution is 2.37. The molecule has 1 aliphatic rings. The molecule has 3 heterocycles. The van der Waals surface area contributed by atoms with Gasteiger partial charge in [-0.1, -0.05) is 6.92 Å². The Balaban J connectivity index is 1.51. The van der Waals surface area contributed by atoms with E-state index < -0.39 is 0 Å². The number of aliphatic hydroxyl groups excluding tert-OH is 1. The number of hydrogen-bond acceptors (Lipinski definition) is 4. The van der Waals surface area contributed by atoms with Crippen LogP contribution in [0, 0.1) is 0 Å². The number of aromatic nitrogens is 4. The molecule has 0 aliphatic heterocycles. The maximum atomic E-state index is 9.37. The van der Waals surface area contributed by atoms with Crippen LogP contribution in [0.1, 0.15) is 50.5 Å². The molecule has 1 saturated carbocycles. The third kappa shape index (κ3) is 3.84. The minimum atomic E-state index is 0.255. The Kier molecular flexibility index (Phi) is 5.78.